The number of halogens is 2. The molecule has 0 unspecified atom stereocenters. The van der Waals surface area contributed by atoms with E-state index < -0.39 is 0 Å². The monoisotopic (exact) mass is 311 g/mol. The van der Waals surface area contributed by atoms with Crippen molar-refractivity contribution in [3.05, 3.63) is 35.5 Å². The van der Waals surface area contributed by atoms with Crippen molar-refractivity contribution in [1.82, 2.24) is 15.5 Å². The van der Waals surface area contributed by atoms with Gasteiger partial charge in [0.15, 0.2) is 0 Å². The van der Waals surface area contributed by atoms with Crippen LogP contribution in [0.4, 0.5) is 4.39 Å². The fourth-order valence-corrected chi connectivity index (χ4v) is 2.61. The molecule has 1 aromatic heterocycles. The van der Waals surface area contributed by atoms with E-state index >= 15 is 0 Å². The summed E-state index contributed by atoms with van der Waals surface area (Å²) >= 11 is 0. The van der Waals surface area contributed by atoms with Crippen LogP contribution in [0.3, 0.4) is 0 Å². The Bertz CT molecular complexity index is 617. The van der Waals surface area contributed by atoms with Crippen molar-refractivity contribution in [2.24, 2.45) is 0 Å². The molecule has 1 N–H and O–H groups in total. The van der Waals surface area contributed by atoms with Crippen molar-refractivity contribution in [3.63, 3.8) is 0 Å². The molecule has 21 heavy (non-hydrogen) atoms. The number of nitrogens with zero attached hydrogens (tertiary/aromatic N) is 2. The first-order valence-corrected chi connectivity index (χ1v) is 6.97. The normalized spacial score (nSPS) is 21.9. The van der Waals surface area contributed by atoms with Crippen molar-refractivity contribution in [2.45, 2.75) is 38.6 Å². The lowest BCUT2D eigenvalue weighted by atomic mass is 9.93. The Morgan fingerprint density at radius 2 is 2.19 bits per heavy atom. The second-order valence-corrected chi connectivity index (χ2v) is 5.50. The number of aryl methyl sites for hydroxylation is 1. The van der Waals surface area contributed by atoms with Crippen LogP contribution in [-0.2, 0) is 0 Å². The molecule has 0 amide bonds. The Hall–Kier alpha value is -1.46. The highest BCUT2D eigenvalue weighted by Crippen LogP contribution is 2.28. The average molecular weight is 312 g/mol. The topological polar surface area (TPSA) is 51.0 Å². The molecule has 1 saturated heterocycles. The van der Waals surface area contributed by atoms with Gasteiger partial charge in [-0.05, 0) is 44.9 Å². The Morgan fingerprint density at radius 1 is 1.38 bits per heavy atom. The van der Waals surface area contributed by atoms with Crippen LogP contribution >= 0.6 is 12.4 Å². The van der Waals surface area contributed by atoms with Crippen LogP contribution in [0, 0.1) is 12.7 Å². The van der Waals surface area contributed by atoms with Crippen LogP contribution in [0.15, 0.2) is 22.7 Å². The average Bonchev–Trinajstić information content (AvgIpc) is 2.92. The lowest BCUT2D eigenvalue weighted by Crippen LogP contribution is -2.34. The first kappa shape index (κ1) is 15.9. The molecule has 0 radical (unpaired) electrons. The number of benzene rings is 1. The van der Waals surface area contributed by atoms with Gasteiger partial charge in [-0.25, -0.2) is 4.39 Å². The summed E-state index contributed by atoms with van der Waals surface area (Å²) in [6.07, 6.45) is 1.98. The summed E-state index contributed by atoms with van der Waals surface area (Å²) in [7, 11) is 0. The zero-order chi connectivity index (χ0) is 14.1. The van der Waals surface area contributed by atoms with E-state index in [9.17, 15) is 4.39 Å². The fraction of sp³-hybridized carbons (Fsp3) is 0.467. The van der Waals surface area contributed by atoms with Gasteiger partial charge in [0.2, 0.25) is 11.7 Å². The third-order valence-electron chi connectivity index (χ3n) is 3.84. The van der Waals surface area contributed by atoms with Crippen LogP contribution in [0.1, 0.15) is 37.1 Å². The molecule has 1 aromatic carbocycles. The number of hydrogen-bond acceptors (Lipinski definition) is 4. The van der Waals surface area contributed by atoms with Gasteiger partial charge in [0.05, 0.1) is 0 Å². The fourth-order valence-electron chi connectivity index (χ4n) is 2.61. The van der Waals surface area contributed by atoms with Gasteiger partial charge in [0, 0.05) is 17.5 Å². The molecule has 4 nitrogen and oxygen atoms in total. The minimum Gasteiger partial charge on any atom is -0.339 e. The molecule has 2 atom stereocenters. The van der Waals surface area contributed by atoms with Crippen molar-refractivity contribution >= 4 is 12.4 Å². The maximum Gasteiger partial charge on any atom is 0.230 e. The molecule has 1 fully saturated rings. The minimum atomic E-state index is -0.246. The van der Waals surface area contributed by atoms with Gasteiger partial charge in [-0.3, -0.25) is 0 Å². The SMILES string of the molecule is Cc1ccc(-c2noc([C@H]3CCN[C@@H](C)C3)n2)cc1F.Cl. The number of hydrogen-bond donors (Lipinski definition) is 1. The first-order valence-electron chi connectivity index (χ1n) is 6.97. The van der Waals surface area contributed by atoms with E-state index in [-0.39, 0.29) is 18.2 Å². The molecular weight excluding hydrogens is 293 g/mol. The molecule has 6 heteroatoms. The molecule has 114 valence electrons. The van der Waals surface area contributed by atoms with E-state index in [1.807, 2.05) is 6.07 Å². The van der Waals surface area contributed by atoms with Crippen LogP contribution in [0.2, 0.25) is 0 Å². The Labute approximate surface area is 129 Å². The smallest absolute Gasteiger partial charge is 0.230 e. The predicted octanol–water partition coefficient (Wildman–Crippen LogP) is 3.46. The lowest BCUT2D eigenvalue weighted by molar-refractivity contribution is 0.295. The molecule has 0 aliphatic carbocycles. The van der Waals surface area contributed by atoms with E-state index in [4.69, 9.17) is 4.52 Å². The summed E-state index contributed by atoms with van der Waals surface area (Å²) in [5.74, 6) is 1.17. The first-order chi connectivity index (χ1) is 9.63. The second kappa shape index (κ2) is 6.54. The van der Waals surface area contributed by atoms with Crippen LogP contribution in [0.5, 0.6) is 0 Å². The summed E-state index contributed by atoms with van der Waals surface area (Å²) in [5.41, 5.74) is 1.27. The van der Waals surface area contributed by atoms with E-state index in [0.717, 1.165) is 19.4 Å². The van der Waals surface area contributed by atoms with E-state index in [1.54, 1.807) is 13.0 Å². The molecule has 3 rings (SSSR count). The highest BCUT2D eigenvalue weighted by Gasteiger charge is 2.25. The number of nitrogens with one attached hydrogen (secondary N) is 1. The molecule has 1 aliphatic rings. The maximum absolute atomic E-state index is 13.6. The van der Waals surface area contributed by atoms with Gasteiger partial charge >= 0.3 is 0 Å². The van der Waals surface area contributed by atoms with Gasteiger partial charge in [-0.2, -0.15) is 4.98 Å². The van der Waals surface area contributed by atoms with Gasteiger partial charge in [0.25, 0.3) is 0 Å². The van der Waals surface area contributed by atoms with E-state index in [2.05, 4.69) is 22.4 Å². The maximum atomic E-state index is 13.6. The summed E-state index contributed by atoms with van der Waals surface area (Å²) in [4.78, 5) is 4.44. The Balaban J connectivity index is 0.00000161. The molecule has 0 spiro atoms. The second-order valence-electron chi connectivity index (χ2n) is 5.50. The van der Waals surface area contributed by atoms with Crippen LogP contribution in [0.25, 0.3) is 11.4 Å². The zero-order valence-electron chi connectivity index (χ0n) is 12.1. The molecule has 2 aromatic rings. The van der Waals surface area contributed by atoms with Gasteiger partial charge in [0.1, 0.15) is 5.82 Å². The zero-order valence-corrected chi connectivity index (χ0v) is 12.9. The van der Waals surface area contributed by atoms with Crippen molar-refractivity contribution < 1.29 is 8.91 Å². The number of aromatic nitrogens is 2. The van der Waals surface area contributed by atoms with Crippen molar-refractivity contribution in [3.8, 4) is 11.4 Å². The molecular formula is C15H19ClFN3O. The van der Waals surface area contributed by atoms with Crippen molar-refractivity contribution in [1.29, 1.82) is 0 Å². The third-order valence-corrected chi connectivity index (χ3v) is 3.84. The standard InChI is InChI=1S/C15H18FN3O.ClH/c1-9-3-4-11(8-13(9)16)14-18-15(20-19-14)12-5-6-17-10(2)7-12;/h3-4,8,10,12,17H,5-7H2,1-2H3;1H/t10-,12-;/m0./s1. The lowest BCUT2D eigenvalue weighted by Gasteiger charge is -2.25. The van der Waals surface area contributed by atoms with E-state index in [1.165, 1.54) is 6.07 Å². The van der Waals surface area contributed by atoms with Gasteiger partial charge in [-0.15, -0.1) is 12.4 Å². The minimum absolute atomic E-state index is 0. The Kier molecular flexibility index (Phi) is 4.96. The van der Waals surface area contributed by atoms with E-state index in [0.29, 0.717) is 34.8 Å². The highest BCUT2D eigenvalue weighted by atomic mass is 35.5. The number of rotatable bonds is 2. The van der Waals surface area contributed by atoms with Crippen molar-refractivity contribution in [2.75, 3.05) is 6.54 Å². The molecule has 0 bridgehead atoms. The molecule has 0 saturated carbocycles. The quantitative estimate of drug-likeness (QED) is 0.922. The largest absolute Gasteiger partial charge is 0.339 e. The summed E-state index contributed by atoms with van der Waals surface area (Å²) in [6.45, 7) is 4.85. The van der Waals surface area contributed by atoms with Crippen LogP contribution < -0.4 is 5.32 Å². The van der Waals surface area contributed by atoms with Gasteiger partial charge < -0.3 is 9.84 Å². The highest BCUT2D eigenvalue weighted by molar-refractivity contribution is 5.85. The molecule has 2 heterocycles. The summed E-state index contributed by atoms with van der Waals surface area (Å²) in [6, 6.07) is 5.46. The molecule has 1 aliphatic heterocycles. The Morgan fingerprint density at radius 3 is 2.90 bits per heavy atom. The number of piperidine rings is 1. The predicted molar refractivity (Wildman–Crippen MR) is 81.1 cm³/mol. The summed E-state index contributed by atoms with van der Waals surface area (Å²) < 4.78 is 18.9. The van der Waals surface area contributed by atoms with Gasteiger partial charge in [-0.1, -0.05) is 17.3 Å². The summed E-state index contributed by atoms with van der Waals surface area (Å²) in [5, 5.41) is 7.38. The third kappa shape index (κ3) is 3.41. The van der Waals surface area contributed by atoms with Crippen LogP contribution in [-0.4, -0.2) is 22.7 Å².